The van der Waals surface area contributed by atoms with E-state index in [1.807, 2.05) is 18.2 Å². The van der Waals surface area contributed by atoms with Gasteiger partial charge in [0.1, 0.15) is 0 Å². The predicted molar refractivity (Wildman–Crippen MR) is 76.5 cm³/mol. The van der Waals surface area contributed by atoms with Gasteiger partial charge in [-0.25, -0.2) is 0 Å². The van der Waals surface area contributed by atoms with Crippen LogP contribution in [0.4, 0.5) is 0 Å². The lowest BCUT2D eigenvalue weighted by Gasteiger charge is -2.17. The largest absolute Gasteiger partial charge is 0.319 e. The molecule has 94 valence electrons. The summed E-state index contributed by atoms with van der Waals surface area (Å²) in [5, 5.41) is 9.06. The first-order chi connectivity index (χ1) is 9.40. The molecule has 0 radical (unpaired) electrons. The predicted octanol–water partition coefficient (Wildman–Crippen LogP) is 3.78. The summed E-state index contributed by atoms with van der Waals surface area (Å²) in [6.45, 7) is 0. The summed E-state index contributed by atoms with van der Waals surface area (Å²) in [5.74, 6) is 0. The van der Waals surface area contributed by atoms with Crippen molar-refractivity contribution in [3.63, 3.8) is 0 Å². The molecule has 0 atom stereocenters. The standard InChI is InChI=1S/C17H16N2/c18-12-10-17(14-6-2-1-3-7-14)19-13-11-15-8-4-5-9-16(15)19/h1-3,6-7,10-11,13H,4-5,8-9H2/b17-10+. The minimum Gasteiger partial charge on any atom is -0.319 e. The fourth-order valence-electron chi connectivity index (χ4n) is 2.81. The number of aryl methyl sites for hydroxylation is 1. The highest BCUT2D eigenvalue weighted by Crippen LogP contribution is 2.27. The summed E-state index contributed by atoms with van der Waals surface area (Å²) >= 11 is 0. The molecule has 2 nitrogen and oxygen atoms in total. The van der Waals surface area contributed by atoms with E-state index in [9.17, 15) is 0 Å². The molecule has 0 saturated heterocycles. The maximum atomic E-state index is 9.06. The van der Waals surface area contributed by atoms with Crippen molar-refractivity contribution in [3.8, 4) is 6.07 Å². The minimum atomic E-state index is 0.978. The number of benzene rings is 1. The van der Waals surface area contributed by atoms with Gasteiger partial charge in [0.05, 0.1) is 11.8 Å². The Kier molecular flexibility index (Phi) is 3.20. The van der Waals surface area contributed by atoms with E-state index in [1.165, 1.54) is 24.1 Å². The third kappa shape index (κ3) is 2.20. The zero-order valence-electron chi connectivity index (χ0n) is 10.8. The Bertz CT molecular complexity index is 642. The number of aromatic nitrogens is 1. The Morgan fingerprint density at radius 3 is 2.68 bits per heavy atom. The second kappa shape index (κ2) is 5.16. The van der Waals surface area contributed by atoms with Crippen LogP contribution in [-0.4, -0.2) is 4.57 Å². The number of fused-ring (bicyclic) bond motifs is 1. The summed E-state index contributed by atoms with van der Waals surface area (Å²) in [4.78, 5) is 0. The average molecular weight is 248 g/mol. The molecule has 1 aromatic heterocycles. The molecule has 1 heterocycles. The van der Waals surface area contributed by atoms with E-state index in [0.717, 1.165) is 24.1 Å². The minimum absolute atomic E-state index is 0.978. The van der Waals surface area contributed by atoms with Crippen LogP contribution >= 0.6 is 0 Å². The molecule has 0 unspecified atom stereocenters. The third-order valence-electron chi connectivity index (χ3n) is 3.73. The molecule has 0 bridgehead atoms. The van der Waals surface area contributed by atoms with E-state index in [0.29, 0.717) is 0 Å². The average Bonchev–Trinajstić information content (AvgIpc) is 2.89. The van der Waals surface area contributed by atoms with Crippen molar-refractivity contribution >= 4 is 5.70 Å². The van der Waals surface area contributed by atoms with Crippen molar-refractivity contribution < 1.29 is 0 Å². The third-order valence-corrected chi connectivity index (χ3v) is 3.73. The lowest BCUT2D eigenvalue weighted by atomic mass is 9.98. The second-order valence-corrected chi connectivity index (χ2v) is 4.89. The number of hydrogen-bond donors (Lipinski definition) is 0. The molecule has 0 aliphatic heterocycles. The molecule has 19 heavy (non-hydrogen) atoms. The Morgan fingerprint density at radius 2 is 1.89 bits per heavy atom. The zero-order chi connectivity index (χ0) is 13.1. The zero-order valence-corrected chi connectivity index (χ0v) is 10.8. The van der Waals surface area contributed by atoms with Gasteiger partial charge < -0.3 is 4.57 Å². The first kappa shape index (κ1) is 11.8. The molecule has 2 aromatic rings. The molecule has 0 spiro atoms. The summed E-state index contributed by atoms with van der Waals surface area (Å²) in [5.41, 5.74) is 4.88. The Hall–Kier alpha value is -2.27. The Labute approximate surface area is 113 Å². The smallest absolute Gasteiger partial charge is 0.0934 e. The normalized spacial score (nSPS) is 14.8. The molecule has 1 aliphatic rings. The van der Waals surface area contributed by atoms with Crippen LogP contribution in [0.5, 0.6) is 0 Å². The van der Waals surface area contributed by atoms with Crippen LogP contribution in [0.3, 0.4) is 0 Å². The van der Waals surface area contributed by atoms with Crippen LogP contribution in [-0.2, 0) is 12.8 Å². The van der Waals surface area contributed by atoms with Crippen molar-refractivity contribution in [2.75, 3.05) is 0 Å². The quantitative estimate of drug-likeness (QED) is 0.743. The summed E-state index contributed by atoms with van der Waals surface area (Å²) in [6, 6.07) is 14.5. The lowest BCUT2D eigenvalue weighted by Crippen LogP contribution is -2.08. The fraction of sp³-hybridized carbons (Fsp3) is 0.235. The van der Waals surface area contributed by atoms with Gasteiger partial charge >= 0.3 is 0 Å². The molecule has 0 saturated carbocycles. The molecular weight excluding hydrogens is 232 g/mol. The van der Waals surface area contributed by atoms with Crippen LogP contribution in [0.15, 0.2) is 48.7 Å². The number of rotatable bonds is 2. The van der Waals surface area contributed by atoms with Crippen molar-refractivity contribution in [3.05, 3.63) is 65.5 Å². The highest BCUT2D eigenvalue weighted by Gasteiger charge is 2.16. The lowest BCUT2D eigenvalue weighted by molar-refractivity contribution is 0.665. The van der Waals surface area contributed by atoms with Crippen LogP contribution in [0.25, 0.3) is 5.70 Å². The van der Waals surface area contributed by atoms with Crippen molar-refractivity contribution in [2.24, 2.45) is 0 Å². The summed E-state index contributed by atoms with van der Waals surface area (Å²) in [6.07, 6.45) is 8.54. The Morgan fingerprint density at radius 1 is 1.11 bits per heavy atom. The number of nitriles is 1. The molecule has 0 fully saturated rings. The van der Waals surface area contributed by atoms with Gasteiger partial charge in [-0.1, -0.05) is 30.3 Å². The summed E-state index contributed by atoms with van der Waals surface area (Å²) < 4.78 is 2.19. The van der Waals surface area contributed by atoms with Gasteiger partial charge in [-0.15, -0.1) is 0 Å². The first-order valence-electron chi connectivity index (χ1n) is 6.75. The van der Waals surface area contributed by atoms with Gasteiger partial charge in [0.25, 0.3) is 0 Å². The maximum Gasteiger partial charge on any atom is 0.0934 e. The molecule has 1 aromatic carbocycles. The van der Waals surface area contributed by atoms with Crippen molar-refractivity contribution in [2.45, 2.75) is 25.7 Å². The van der Waals surface area contributed by atoms with Gasteiger partial charge in [0.15, 0.2) is 0 Å². The highest BCUT2D eigenvalue weighted by molar-refractivity contribution is 5.69. The van der Waals surface area contributed by atoms with Crippen LogP contribution in [0.1, 0.15) is 29.7 Å². The molecule has 3 rings (SSSR count). The number of hydrogen-bond acceptors (Lipinski definition) is 1. The molecule has 1 aliphatic carbocycles. The number of allylic oxidation sites excluding steroid dienone is 1. The molecule has 2 heteroatoms. The van der Waals surface area contributed by atoms with Crippen LogP contribution in [0, 0.1) is 11.3 Å². The monoisotopic (exact) mass is 248 g/mol. The second-order valence-electron chi connectivity index (χ2n) is 4.89. The number of nitrogens with zero attached hydrogens (tertiary/aromatic N) is 2. The van der Waals surface area contributed by atoms with Gasteiger partial charge in [0, 0.05) is 18.0 Å². The fourth-order valence-corrected chi connectivity index (χ4v) is 2.81. The van der Waals surface area contributed by atoms with E-state index in [4.69, 9.17) is 5.26 Å². The van der Waals surface area contributed by atoms with Crippen LogP contribution in [0.2, 0.25) is 0 Å². The van der Waals surface area contributed by atoms with Crippen molar-refractivity contribution in [1.29, 1.82) is 5.26 Å². The van der Waals surface area contributed by atoms with Gasteiger partial charge in [-0.2, -0.15) is 5.26 Å². The first-order valence-corrected chi connectivity index (χ1v) is 6.75. The van der Waals surface area contributed by atoms with E-state index in [-0.39, 0.29) is 0 Å². The topological polar surface area (TPSA) is 28.7 Å². The molecule has 0 amide bonds. The van der Waals surface area contributed by atoms with E-state index >= 15 is 0 Å². The van der Waals surface area contributed by atoms with E-state index < -0.39 is 0 Å². The van der Waals surface area contributed by atoms with Gasteiger partial charge in [-0.05, 0) is 42.9 Å². The highest BCUT2D eigenvalue weighted by atomic mass is 15.0. The van der Waals surface area contributed by atoms with Gasteiger partial charge in [-0.3, -0.25) is 0 Å². The van der Waals surface area contributed by atoms with E-state index in [2.05, 4.69) is 35.0 Å². The molecular formula is C17H16N2. The van der Waals surface area contributed by atoms with Gasteiger partial charge in [0.2, 0.25) is 0 Å². The molecule has 0 N–H and O–H groups in total. The Balaban J connectivity index is 2.10. The van der Waals surface area contributed by atoms with Crippen LogP contribution < -0.4 is 0 Å². The SMILES string of the molecule is N#C/C=C(\c1ccccc1)n1ccc2c1CCCC2. The van der Waals surface area contributed by atoms with Crippen molar-refractivity contribution in [1.82, 2.24) is 4.57 Å². The maximum absolute atomic E-state index is 9.06. The summed E-state index contributed by atoms with van der Waals surface area (Å²) in [7, 11) is 0. The van der Waals surface area contributed by atoms with E-state index in [1.54, 1.807) is 6.08 Å².